The second kappa shape index (κ2) is 7.28. The Hall–Kier alpha value is -1.06. The molecule has 0 spiro atoms. The number of rotatable bonds is 5. The van der Waals surface area contributed by atoms with Crippen LogP contribution in [-0.4, -0.2) is 54.6 Å². The maximum Gasteiger partial charge on any atom is 0.0340 e. The zero-order valence-corrected chi connectivity index (χ0v) is 13.3. The van der Waals surface area contributed by atoms with E-state index in [1.165, 1.54) is 57.5 Å². The molecule has 0 aliphatic carbocycles. The molecule has 2 unspecified atom stereocenters. The molecule has 1 aromatic carbocycles. The van der Waals surface area contributed by atoms with Crippen LogP contribution in [0.1, 0.15) is 32.6 Å². The van der Waals surface area contributed by atoms with Gasteiger partial charge in [-0.05, 0) is 44.9 Å². The van der Waals surface area contributed by atoms with Gasteiger partial charge in [0, 0.05) is 44.0 Å². The standard InChI is InChI=1S/C18H29N3/c1-16-14-21-12-6-5-10-18(21)15-20(16)13-7-11-19-17-8-3-2-4-9-17/h2-4,8-9,16,18-19H,5-7,10-15H2,1H3. The van der Waals surface area contributed by atoms with E-state index in [0.717, 1.165) is 18.6 Å². The highest BCUT2D eigenvalue weighted by molar-refractivity contribution is 5.42. The number of benzene rings is 1. The second-order valence-corrected chi connectivity index (χ2v) is 6.63. The number of hydrogen-bond donors (Lipinski definition) is 1. The lowest BCUT2D eigenvalue weighted by Crippen LogP contribution is -2.58. The number of para-hydroxylation sites is 1. The summed E-state index contributed by atoms with van der Waals surface area (Å²) >= 11 is 0. The Morgan fingerprint density at radius 3 is 2.86 bits per heavy atom. The quantitative estimate of drug-likeness (QED) is 0.840. The Labute approximate surface area is 129 Å². The number of anilines is 1. The van der Waals surface area contributed by atoms with Crippen LogP contribution in [0.2, 0.25) is 0 Å². The lowest BCUT2D eigenvalue weighted by atomic mass is 9.97. The molecule has 1 N–H and O–H groups in total. The zero-order valence-electron chi connectivity index (χ0n) is 13.3. The van der Waals surface area contributed by atoms with Crippen LogP contribution < -0.4 is 5.32 Å². The first-order chi connectivity index (χ1) is 10.3. The predicted octanol–water partition coefficient (Wildman–Crippen LogP) is 3.05. The predicted molar refractivity (Wildman–Crippen MR) is 89.8 cm³/mol. The van der Waals surface area contributed by atoms with Crippen LogP contribution in [0.3, 0.4) is 0 Å². The van der Waals surface area contributed by atoms with Gasteiger partial charge in [-0.1, -0.05) is 24.6 Å². The van der Waals surface area contributed by atoms with Gasteiger partial charge in [-0.15, -0.1) is 0 Å². The van der Waals surface area contributed by atoms with Crippen molar-refractivity contribution in [2.45, 2.75) is 44.7 Å². The minimum absolute atomic E-state index is 0.719. The van der Waals surface area contributed by atoms with Crippen molar-refractivity contribution in [3.8, 4) is 0 Å². The average molecular weight is 287 g/mol. The molecule has 3 nitrogen and oxygen atoms in total. The smallest absolute Gasteiger partial charge is 0.0340 e. The van der Waals surface area contributed by atoms with Crippen LogP contribution in [0.25, 0.3) is 0 Å². The van der Waals surface area contributed by atoms with Gasteiger partial charge in [0.05, 0.1) is 0 Å². The van der Waals surface area contributed by atoms with Crippen molar-refractivity contribution in [1.29, 1.82) is 0 Å². The first kappa shape index (κ1) is 14.9. The van der Waals surface area contributed by atoms with Gasteiger partial charge in [0.15, 0.2) is 0 Å². The molecule has 2 saturated heterocycles. The summed E-state index contributed by atoms with van der Waals surface area (Å²) < 4.78 is 0. The number of nitrogens with one attached hydrogen (secondary N) is 1. The van der Waals surface area contributed by atoms with Crippen LogP contribution in [0.4, 0.5) is 5.69 Å². The molecule has 1 aromatic rings. The van der Waals surface area contributed by atoms with Crippen LogP contribution in [0, 0.1) is 0 Å². The van der Waals surface area contributed by atoms with E-state index >= 15 is 0 Å². The van der Waals surface area contributed by atoms with Crippen molar-refractivity contribution >= 4 is 5.69 Å². The fourth-order valence-electron chi connectivity index (χ4n) is 3.80. The highest BCUT2D eigenvalue weighted by Crippen LogP contribution is 2.23. The molecule has 116 valence electrons. The van der Waals surface area contributed by atoms with Gasteiger partial charge in [0.1, 0.15) is 0 Å². The number of fused-ring (bicyclic) bond motifs is 1. The molecule has 21 heavy (non-hydrogen) atoms. The molecule has 2 atom stereocenters. The third kappa shape index (κ3) is 3.98. The van der Waals surface area contributed by atoms with Gasteiger partial charge < -0.3 is 5.32 Å². The van der Waals surface area contributed by atoms with E-state index in [4.69, 9.17) is 0 Å². The molecule has 2 heterocycles. The molecule has 3 heteroatoms. The molecule has 2 aliphatic heterocycles. The molecule has 0 bridgehead atoms. The van der Waals surface area contributed by atoms with Crippen LogP contribution >= 0.6 is 0 Å². The molecule has 0 amide bonds. The van der Waals surface area contributed by atoms with Gasteiger partial charge >= 0.3 is 0 Å². The molecule has 0 aromatic heterocycles. The first-order valence-electron chi connectivity index (χ1n) is 8.60. The summed E-state index contributed by atoms with van der Waals surface area (Å²) in [5.41, 5.74) is 1.24. The molecule has 3 rings (SSSR count). The van der Waals surface area contributed by atoms with Gasteiger partial charge in [-0.3, -0.25) is 9.80 Å². The Balaban J connectivity index is 1.40. The van der Waals surface area contributed by atoms with Gasteiger partial charge in [-0.25, -0.2) is 0 Å². The molecule has 0 saturated carbocycles. The largest absolute Gasteiger partial charge is 0.385 e. The monoisotopic (exact) mass is 287 g/mol. The summed E-state index contributed by atoms with van der Waals surface area (Å²) in [5.74, 6) is 0. The van der Waals surface area contributed by atoms with Crippen molar-refractivity contribution in [1.82, 2.24) is 9.80 Å². The third-order valence-electron chi connectivity index (χ3n) is 5.04. The molecule has 2 fully saturated rings. The Morgan fingerprint density at radius 1 is 1.14 bits per heavy atom. The number of hydrogen-bond acceptors (Lipinski definition) is 3. The maximum atomic E-state index is 3.52. The topological polar surface area (TPSA) is 18.5 Å². The SMILES string of the molecule is CC1CN2CCCCC2CN1CCCNc1ccccc1. The Kier molecular flexibility index (Phi) is 5.15. The number of piperazine rings is 1. The normalized spacial score (nSPS) is 27.3. The highest BCUT2D eigenvalue weighted by atomic mass is 15.3. The second-order valence-electron chi connectivity index (χ2n) is 6.63. The van der Waals surface area contributed by atoms with Gasteiger partial charge in [0.2, 0.25) is 0 Å². The van der Waals surface area contributed by atoms with E-state index in [2.05, 4.69) is 52.4 Å². The summed E-state index contributed by atoms with van der Waals surface area (Å²) in [6.07, 6.45) is 5.47. The van der Waals surface area contributed by atoms with E-state index in [-0.39, 0.29) is 0 Å². The van der Waals surface area contributed by atoms with Crippen LogP contribution in [0.15, 0.2) is 30.3 Å². The van der Waals surface area contributed by atoms with Gasteiger partial charge in [-0.2, -0.15) is 0 Å². The Morgan fingerprint density at radius 2 is 2.00 bits per heavy atom. The van der Waals surface area contributed by atoms with Crippen LogP contribution in [0.5, 0.6) is 0 Å². The van der Waals surface area contributed by atoms with Crippen LogP contribution in [-0.2, 0) is 0 Å². The molecule has 2 aliphatic rings. The number of nitrogens with zero attached hydrogens (tertiary/aromatic N) is 2. The van der Waals surface area contributed by atoms with Crippen molar-refractivity contribution in [3.63, 3.8) is 0 Å². The summed E-state index contributed by atoms with van der Waals surface area (Å²) in [4.78, 5) is 5.44. The third-order valence-corrected chi connectivity index (χ3v) is 5.04. The molecule has 0 radical (unpaired) electrons. The lowest BCUT2D eigenvalue weighted by Gasteiger charge is -2.47. The van der Waals surface area contributed by atoms with E-state index in [9.17, 15) is 0 Å². The number of piperidine rings is 1. The fourth-order valence-corrected chi connectivity index (χ4v) is 3.80. The minimum Gasteiger partial charge on any atom is -0.385 e. The highest BCUT2D eigenvalue weighted by Gasteiger charge is 2.32. The summed E-state index contributed by atoms with van der Waals surface area (Å²) in [7, 11) is 0. The van der Waals surface area contributed by atoms with E-state index in [0.29, 0.717) is 0 Å². The van der Waals surface area contributed by atoms with Gasteiger partial charge in [0.25, 0.3) is 0 Å². The lowest BCUT2D eigenvalue weighted by molar-refractivity contribution is 0.0153. The molecular weight excluding hydrogens is 258 g/mol. The first-order valence-corrected chi connectivity index (χ1v) is 8.60. The summed E-state index contributed by atoms with van der Waals surface area (Å²) in [5, 5.41) is 3.52. The van der Waals surface area contributed by atoms with Crippen molar-refractivity contribution < 1.29 is 0 Å². The Bertz CT molecular complexity index is 420. The van der Waals surface area contributed by atoms with Crippen molar-refractivity contribution in [3.05, 3.63) is 30.3 Å². The summed E-state index contributed by atoms with van der Waals surface area (Å²) in [6, 6.07) is 12.1. The van der Waals surface area contributed by atoms with Crippen molar-refractivity contribution in [2.24, 2.45) is 0 Å². The summed E-state index contributed by atoms with van der Waals surface area (Å²) in [6.45, 7) is 8.59. The van der Waals surface area contributed by atoms with Crippen molar-refractivity contribution in [2.75, 3.05) is 38.0 Å². The van der Waals surface area contributed by atoms with E-state index in [1.54, 1.807) is 0 Å². The zero-order chi connectivity index (χ0) is 14.5. The maximum absolute atomic E-state index is 3.52. The fraction of sp³-hybridized carbons (Fsp3) is 0.667. The minimum atomic E-state index is 0.719. The van der Waals surface area contributed by atoms with E-state index < -0.39 is 0 Å². The van der Waals surface area contributed by atoms with E-state index in [1.807, 2.05) is 0 Å². The molecular formula is C18H29N3. The average Bonchev–Trinajstić information content (AvgIpc) is 2.53.